The molecule has 2 rings (SSSR count). The minimum atomic E-state index is -0.207. The van der Waals surface area contributed by atoms with Gasteiger partial charge in [0, 0.05) is 24.5 Å². The van der Waals surface area contributed by atoms with Crippen molar-refractivity contribution >= 4 is 17.3 Å². The highest BCUT2D eigenvalue weighted by Crippen LogP contribution is 2.26. The van der Waals surface area contributed by atoms with Crippen molar-refractivity contribution in [2.45, 2.75) is 20.8 Å². The largest absolute Gasteiger partial charge is 0.490 e. The van der Waals surface area contributed by atoms with Crippen LogP contribution in [0.25, 0.3) is 0 Å². The molecule has 5 heteroatoms. The first-order valence-corrected chi connectivity index (χ1v) is 8.67. The number of nitrogens with one attached hydrogen (secondary N) is 1. The Morgan fingerprint density at radius 3 is 2.08 bits per heavy atom. The Balaban J connectivity index is 1.90. The molecule has 0 spiro atoms. The van der Waals surface area contributed by atoms with Crippen molar-refractivity contribution in [1.82, 2.24) is 0 Å². The third-order valence-corrected chi connectivity index (χ3v) is 3.79. The van der Waals surface area contributed by atoms with Gasteiger partial charge in [0.2, 0.25) is 0 Å². The van der Waals surface area contributed by atoms with E-state index in [1.807, 2.05) is 49.4 Å². The second kappa shape index (κ2) is 9.57. The first kappa shape index (κ1) is 18.6. The lowest BCUT2D eigenvalue weighted by Crippen LogP contribution is -2.22. The first-order valence-electron chi connectivity index (χ1n) is 8.67. The lowest BCUT2D eigenvalue weighted by Gasteiger charge is -2.21. The van der Waals surface area contributed by atoms with Crippen LogP contribution in [-0.4, -0.2) is 32.2 Å². The maximum Gasteiger partial charge on any atom is 0.262 e. The smallest absolute Gasteiger partial charge is 0.262 e. The molecule has 0 aromatic heterocycles. The fraction of sp³-hybridized carbons (Fsp3) is 0.350. The summed E-state index contributed by atoms with van der Waals surface area (Å²) in [7, 11) is 0. The minimum Gasteiger partial charge on any atom is -0.490 e. The maximum absolute atomic E-state index is 12.1. The van der Waals surface area contributed by atoms with E-state index in [1.54, 1.807) is 6.07 Å². The molecule has 1 amide bonds. The molecule has 0 aliphatic carbocycles. The first-order chi connectivity index (χ1) is 12.2. The standard InChI is InChI=1S/C20H26N2O3/c1-4-22(5-2)17-13-11-16(12-14-17)21-20(23)15-25-19-10-8-7-9-18(19)24-6-3/h7-14H,4-6,15H2,1-3H3,(H,21,23). The maximum atomic E-state index is 12.1. The number of benzene rings is 2. The molecule has 1 N–H and O–H groups in total. The fourth-order valence-corrected chi connectivity index (χ4v) is 2.53. The average Bonchev–Trinajstić information content (AvgIpc) is 2.64. The molecular weight excluding hydrogens is 316 g/mol. The van der Waals surface area contributed by atoms with Crippen molar-refractivity contribution in [3.05, 3.63) is 48.5 Å². The zero-order chi connectivity index (χ0) is 18.1. The number of amides is 1. The molecule has 0 saturated heterocycles. The van der Waals surface area contributed by atoms with E-state index in [9.17, 15) is 4.79 Å². The van der Waals surface area contributed by atoms with Gasteiger partial charge in [-0.05, 0) is 57.2 Å². The van der Waals surface area contributed by atoms with Gasteiger partial charge in [-0.25, -0.2) is 0 Å². The molecule has 0 atom stereocenters. The van der Waals surface area contributed by atoms with Crippen LogP contribution in [0.3, 0.4) is 0 Å². The lowest BCUT2D eigenvalue weighted by molar-refractivity contribution is -0.118. The summed E-state index contributed by atoms with van der Waals surface area (Å²) in [6, 6.07) is 15.2. The average molecular weight is 342 g/mol. The second-order valence-corrected chi connectivity index (χ2v) is 5.44. The number of nitrogens with zero attached hydrogens (tertiary/aromatic N) is 1. The third kappa shape index (κ3) is 5.41. The molecule has 0 unspecified atom stereocenters. The summed E-state index contributed by atoms with van der Waals surface area (Å²) in [6.07, 6.45) is 0. The van der Waals surface area contributed by atoms with Crippen molar-refractivity contribution < 1.29 is 14.3 Å². The summed E-state index contributed by atoms with van der Waals surface area (Å²) >= 11 is 0. The zero-order valence-electron chi connectivity index (χ0n) is 15.1. The van der Waals surface area contributed by atoms with Crippen molar-refractivity contribution in [2.75, 3.05) is 36.5 Å². The van der Waals surface area contributed by atoms with E-state index in [4.69, 9.17) is 9.47 Å². The normalized spacial score (nSPS) is 10.2. The molecule has 5 nitrogen and oxygen atoms in total. The highest BCUT2D eigenvalue weighted by atomic mass is 16.5. The van der Waals surface area contributed by atoms with Crippen LogP contribution in [0.4, 0.5) is 11.4 Å². The van der Waals surface area contributed by atoms with Gasteiger partial charge in [0.1, 0.15) is 0 Å². The Kier molecular flexibility index (Phi) is 7.14. The van der Waals surface area contributed by atoms with E-state index in [0.717, 1.165) is 24.5 Å². The molecule has 134 valence electrons. The Labute approximate surface area is 149 Å². The number of para-hydroxylation sites is 2. The molecule has 2 aromatic carbocycles. The summed E-state index contributed by atoms with van der Waals surface area (Å²) < 4.78 is 11.1. The summed E-state index contributed by atoms with van der Waals surface area (Å²) in [5.41, 5.74) is 1.90. The van der Waals surface area contributed by atoms with Gasteiger partial charge in [-0.2, -0.15) is 0 Å². The Morgan fingerprint density at radius 2 is 1.52 bits per heavy atom. The lowest BCUT2D eigenvalue weighted by atomic mass is 10.2. The number of hydrogen-bond acceptors (Lipinski definition) is 4. The Morgan fingerprint density at radius 1 is 0.920 bits per heavy atom. The van der Waals surface area contributed by atoms with Crippen LogP contribution in [0.15, 0.2) is 48.5 Å². The predicted octanol–water partition coefficient (Wildman–Crippen LogP) is 3.95. The van der Waals surface area contributed by atoms with Crippen LogP contribution in [0.1, 0.15) is 20.8 Å². The number of carbonyl (C=O) groups is 1. The fourth-order valence-electron chi connectivity index (χ4n) is 2.53. The van der Waals surface area contributed by atoms with Gasteiger partial charge < -0.3 is 19.7 Å². The minimum absolute atomic E-state index is 0.0676. The molecule has 0 radical (unpaired) electrons. The van der Waals surface area contributed by atoms with Crippen LogP contribution in [-0.2, 0) is 4.79 Å². The van der Waals surface area contributed by atoms with Gasteiger partial charge in [0.05, 0.1) is 6.61 Å². The van der Waals surface area contributed by atoms with Gasteiger partial charge in [0.25, 0.3) is 5.91 Å². The van der Waals surface area contributed by atoms with E-state index in [1.165, 1.54) is 0 Å². The van der Waals surface area contributed by atoms with E-state index in [0.29, 0.717) is 18.1 Å². The number of hydrogen-bond donors (Lipinski definition) is 1. The SMILES string of the molecule is CCOc1ccccc1OCC(=O)Nc1ccc(N(CC)CC)cc1. The van der Waals surface area contributed by atoms with Gasteiger partial charge in [-0.15, -0.1) is 0 Å². The van der Waals surface area contributed by atoms with Crippen LogP contribution in [0, 0.1) is 0 Å². The number of carbonyl (C=O) groups excluding carboxylic acids is 1. The quantitative estimate of drug-likeness (QED) is 0.750. The van der Waals surface area contributed by atoms with E-state index >= 15 is 0 Å². The molecule has 0 aliphatic heterocycles. The topological polar surface area (TPSA) is 50.8 Å². The second-order valence-electron chi connectivity index (χ2n) is 5.44. The predicted molar refractivity (Wildman–Crippen MR) is 102 cm³/mol. The van der Waals surface area contributed by atoms with Crippen LogP contribution in [0.2, 0.25) is 0 Å². The van der Waals surface area contributed by atoms with E-state index < -0.39 is 0 Å². The number of rotatable bonds is 9. The van der Waals surface area contributed by atoms with Gasteiger partial charge in [-0.3, -0.25) is 4.79 Å². The van der Waals surface area contributed by atoms with Crippen LogP contribution >= 0.6 is 0 Å². The molecule has 2 aromatic rings. The van der Waals surface area contributed by atoms with Gasteiger partial charge >= 0.3 is 0 Å². The summed E-state index contributed by atoms with van der Waals surface area (Å²) in [5.74, 6) is 1.000. The Bertz CT molecular complexity index is 667. The van der Waals surface area contributed by atoms with E-state index in [2.05, 4.69) is 24.1 Å². The third-order valence-electron chi connectivity index (χ3n) is 3.79. The van der Waals surface area contributed by atoms with E-state index in [-0.39, 0.29) is 12.5 Å². The molecule has 0 bridgehead atoms. The summed E-state index contributed by atoms with van der Waals surface area (Å²) in [6.45, 7) is 8.54. The van der Waals surface area contributed by atoms with Crippen molar-refractivity contribution in [1.29, 1.82) is 0 Å². The highest BCUT2D eigenvalue weighted by Gasteiger charge is 2.08. The van der Waals surface area contributed by atoms with Gasteiger partial charge in [0.15, 0.2) is 18.1 Å². The molecule has 0 heterocycles. The number of ether oxygens (including phenoxy) is 2. The summed E-state index contributed by atoms with van der Waals surface area (Å²) in [4.78, 5) is 14.3. The number of anilines is 2. The molecule has 0 aliphatic rings. The van der Waals surface area contributed by atoms with Crippen molar-refractivity contribution in [3.8, 4) is 11.5 Å². The monoisotopic (exact) mass is 342 g/mol. The van der Waals surface area contributed by atoms with Crippen molar-refractivity contribution in [3.63, 3.8) is 0 Å². The zero-order valence-corrected chi connectivity index (χ0v) is 15.1. The molecule has 0 fully saturated rings. The van der Waals surface area contributed by atoms with Gasteiger partial charge in [-0.1, -0.05) is 12.1 Å². The molecule has 0 saturated carbocycles. The molecule has 25 heavy (non-hydrogen) atoms. The Hall–Kier alpha value is -2.69. The van der Waals surface area contributed by atoms with Crippen LogP contribution < -0.4 is 19.7 Å². The highest BCUT2D eigenvalue weighted by molar-refractivity contribution is 5.92. The molecular formula is C20H26N2O3. The van der Waals surface area contributed by atoms with Crippen LogP contribution in [0.5, 0.6) is 11.5 Å². The van der Waals surface area contributed by atoms with Crippen molar-refractivity contribution in [2.24, 2.45) is 0 Å². The summed E-state index contributed by atoms with van der Waals surface area (Å²) in [5, 5.41) is 2.84.